The van der Waals surface area contributed by atoms with E-state index < -0.39 is 0 Å². The molecule has 1 aromatic rings. The Bertz CT molecular complexity index is 559. The van der Waals surface area contributed by atoms with Crippen LogP contribution in [-0.2, 0) is 0 Å². The molecule has 1 amide bonds. The first-order valence-electron chi connectivity index (χ1n) is 7.45. The molecule has 1 aromatic carbocycles. The second-order valence-electron chi connectivity index (χ2n) is 6.48. The average molecular weight is 309 g/mol. The van der Waals surface area contributed by atoms with Crippen LogP contribution in [0.25, 0.3) is 0 Å². The molecule has 4 nitrogen and oxygen atoms in total. The Morgan fingerprint density at radius 3 is 2.76 bits per heavy atom. The summed E-state index contributed by atoms with van der Waals surface area (Å²) in [5.41, 5.74) is 0.824. The van der Waals surface area contributed by atoms with Gasteiger partial charge in [0, 0.05) is 30.6 Å². The third-order valence-electron chi connectivity index (χ3n) is 4.77. The van der Waals surface area contributed by atoms with Crippen LogP contribution in [0.15, 0.2) is 18.2 Å². The largest absolute Gasteiger partial charge is 0.506 e. The van der Waals surface area contributed by atoms with Crippen LogP contribution in [0, 0.1) is 5.41 Å². The Hall–Kier alpha value is -1.26. The molecule has 0 aromatic heterocycles. The van der Waals surface area contributed by atoms with Gasteiger partial charge in [0.1, 0.15) is 5.75 Å². The summed E-state index contributed by atoms with van der Waals surface area (Å²) in [6.07, 6.45) is 3.44. The molecule has 114 valence electrons. The highest BCUT2D eigenvalue weighted by atomic mass is 35.5. The first-order valence-corrected chi connectivity index (χ1v) is 7.83. The maximum Gasteiger partial charge on any atom is 0.253 e. The average Bonchev–Trinajstić information content (AvgIpc) is 2.81. The molecule has 2 saturated heterocycles. The SMILES string of the molecule is CN1CC[C@@]2(CCCN(C(=O)c3ccc(O)c(Cl)c3)C2)C1. The number of aromatic hydroxyl groups is 1. The molecule has 2 heterocycles. The van der Waals surface area contributed by atoms with E-state index in [9.17, 15) is 9.90 Å². The molecule has 0 radical (unpaired) electrons. The summed E-state index contributed by atoms with van der Waals surface area (Å²) in [4.78, 5) is 17.0. The minimum absolute atomic E-state index is 0.0146. The van der Waals surface area contributed by atoms with Crippen LogP contribution in [0.5, 0.6) is 5.75 Å². The van der Waals surface area contributed by atoms with E-state index in [1.807, 2.05) is 4.90 Å². The van der Waals surface area contributed by atoms with Crippen molar-refractivity contribution in [2.45, 2.75) is 19.3 Å². The van der Waals surface area contributed by atoms with Crippen molar-refractivity contribution in [3.05, 3.63) is 28.8 Å². The maximum atomic E-state index is 12.7. The fourth-order valence-corrected chi connectivity index (χ4v) is 3.88. The minimum atomic E-state index is 0.0146. The van der Waals surface area contributed by atoms with Gasteiger partial charge >= 0.3 is 0 Å². The molecule has 2 aliphatic rings. The maximum absolute atomic E-state index is 12.7. The Labute approximate surface area is 130 Å². The highest BCUT2D eigenvalue weighted by Crippen LogP contribution is 2.38. The van der Waals surface area contributed by atoms with Gasteiger partial charge in [-0.25, -0.2) is 0 Å². The number of carbonyl (C=O) groups excluding carboxylic acids is 1. The Kier molecular flexibility index (Phi) is 3.84. The molecule has 0 aliphatic carbocycles. The number of hydrogen-bond acceptors (Lipinski definition) is 3. The number of nitrogens with zero attached hydrogens (tertiary/aromatic N) is 2. The minimum Gasteiger partial charge on any atom is -0.506 e. The third-order valence-corrected chi connectivity index (χ3v) is 5.08. The molecule has 21 heavy (non-hydrogen) atoms. The first kappa shape index (κ1) is 14.7. The number of phenolic OH excluding ortho intramolecular Hbond substituents is 1. The zero-order valence-corrected chi connectivity index (χ0v) is 13.1. The van der Waals surface area contributed by atoms with Gasteiger partial charge in [-0.2, -0.15) is 0 Å². The van der Waals surface area contributed by atoms with Crippen molar-refractivity contribution >= 4 is 17.5 Å². The number of halogens is 1. The third kappa shape index (κ3) is 2.87. The predicted molar refractivity (Wildman–Crippen MR) is 82.8 cm³/mol. The summed E-state index contributed by atoms with van der Waals surface area (Å²) in [5.74, 6) is 0.0336. The smallest absolute Gasteiger partial charge is 0.253 e. The van der Waals surface area contributed by atoms with Crippen LogP contribution in [0.2, 0.25) is 5.02 Å². The topological polar surface area (TPSA) is 43.8 Å². The normalized spacial score (nSPS) is 26.5. The second-order valence-corrected chi connectivity index (χ2v) is 6.89. The Morgan fingerprint density at radius 1 is 1.29 bits per heavy atom. The molecule has 0 unspecified atom stereocenters. The van der Waals surface area contributed by atoms with Crippen molar-refractivity contribution in [3.8, 4) is 5.75 Å². The number of benzene rings is 1. The zero-order valence-electron chi connectivity index (χ0n) is 12.3. The summed E-state index contributed by atoms with van der Waals surface area (Å²) < 4.78 is 0. The molecule has 3 rings (SSSR count). The molecular weight excluding hydrogens is 288 g/mol. The van der Waals surface area contributed by atoms with E-state index in [1.54, 1.807) is 12.1 Å². The van der Waals surface area contributed by atoms with Crippen LogP contribution < -0.4 is 0 Å². The first-order chi connectivity index (χ1) is 9.99. The Balaban J connectivity index is 1.76. The van der Waals surface area contributed by atoms with E-state index in [0.717, 1.165) is 32.6 Å². The van der Waals surface area contributed by atoms with Gasteiger partial charge in [0.15, 0.2) is 0 Å². The molecule has 1 atom stereocenters. The van der Waals surface area contributed by atoms with Crippen LogP contribution in [0.1, 0.15) is 29.6 Å². The number of amides is 1. The van der Waals surface area contributed by atoms with Crippen LogP contribution >= 0.6 is 11.6 Å². The van der Waals surface area contributed by atoms with Crippen molar-refractivity contribution in [2.75, 3.05) is 33.2 Å². The van der Waals surface area contributed by atoms with Crippen LogP contribution in [-0.4, -0.2) is 54.0 Å². The van der Waals surface area contributed by atoms with E-state index in [0.29, 0.717) is 5.56 Å². The summed E-state index contributed by atoms with van der Waals surface area (Å²) in [6.45, 7) is 3.83. The monoisotopic (exact) mass is 308 g/mol. The van der Waals surface area contributed by atoms with Crippen molar-refractivity contribution in [2.24, 2.45) is 5.41 Å². The quantitative estimate of drug-likeness (QED) is 0.867. The van der Waals surface area contributed by atoms with E-state index in [4.69, 9.17) is 11.6 Å². The zero-order chi connectivity index (χ0) is 15.0. The molecule has 1 N–H and O–H groups in total. The number of rotatable bonds is 1. The number of likely N-dealkylation sites (tertiary alicyclic amines) is 2. The van der Waals surface area contributed by atoms with Gasteiger partial charge in [-0.3, -0.25) is 4.79 Å². The van der Waals surface area contributed by atoms with Gasteiger partial charge in [0.05, 0.1) is 5.02 Å². The predicted octanol–water partition coefficient (Wildman–Crippen LogP) is 2.60. The highest BCUT2D eigenvalue weighted by molar-refractivity contribution is 6.32. The number of phenols is 1. The Morgan fingerprint density at radius 2 is 2.10 bits per heavy atom. The molecule has 2 aliphatic heterocycles. The summed E-state index contributed by atoms with van der Waals surface area (Å²) in [7, 11) is 2.15. The van der Waals surface area contributed by atoms with Gasteiger partial charge in [0.2, 0.25) is 0 Å². The van der Waals surface area contributed by atoms with Crippen molar-refractivity contribution in [3.63, 3.8) is 0 Å². The molecule has 0 saturated carbocycles. The summed E-state index contributed by atoms with van der Waals surface area (Å²) in [5, 5.41) is 9.70. The lowest BCUT2D eigenvalue weighted by molar-refractivity contribution is 0.0534. The fraction of sp³-hybridized carbons (Fsp3) is 0.562. The highest BCUT2D eigenvalue weighted by Gasteiger charge is 2.41. The van der Waals surface area contributed by atoms with Gasteiger partial charge < -0.3 is 14.9 Å². The van der Waals surface area contributed by atoms with Gasteiger partial charge in [-0.15, -0.1) is 0 Å². The molecule has 1 spiro atoms. The van der Waals surface area contributed by atoms with E-state index in [1.165, 1.54) is 18.9 Å². The lowest BCUT2D eigenvalue weighted by atomic mass is 9.79. The number of piperidine rings is 1. The van der Waals surface area contributed by atoms with Crippen molar-refractivity contribution < 1.29 is 9.90 Å². The lowest BCUT2D eigenvalue weighted by Crippen LogP contribution is -2.47. The standard InChI is InChI=1S/C16H21ClN2O2/c1-18-8-6-16(10-18)5-2-7-19(11-16)15(21)12-3-4-14(20)13(17)9-12/h3-4,9,20H,2,5-8,10-11H2,1H3/t16-/m0/s1. The van der Waals surface area contributed by atoms with Crippen LogP contribution in [0.3, 0.4) is 0 Å². The van der Waals surface area contributed by atoms with Gasteiger partial charge in [0.25, 0.3) is 5.91 Å². The molecule has 0 bridgehead atoms. The van der Waals surface area contributed by atoms with Gasteiger partial charge in [-0.1, -0.05) is 11.6 Å². The number of hydrogen-bond donors (Lipinski definition) is 1. The summed E-state index contributed by atoms with van der Waals surface area (Å²) >= 11 is 5.91. The fourth-order valence-electron chi connectivity index (χ4n) is 3.70. The van der Waals surface area contributed by atoms with Crippen molar-refractivity contribution in [1.29, 1.82) is 0 Å². The van der Waals surface area contributed by atoms with Crippen LogP contribution in [0.4, 0.5) is 0 Å². The lowest BCUT2D eigenvalue weighted by Gasteiger charge is -2.40. The van der Waals surface area contributed by atoms with Gasteiger partial charge in [-0.05, 0) is 51.1 Å². The second kappa shape index (κ2) is 5.50. The number of carbonyl (C=O) groups is 1. The molecule has 5 heteroatoms. The van der Waals surface area contributed by atoms with E-state index in [-0.39, 0.29) is 22.1 Å². The van der Waals surface area contributed by atoms with E-state index >= 15 is 0 Å². The van der Waals surface area contributed by atoms with Crippen molar-refractivity contribution in [1.82, 2.24) is 9.80 Å². The molecule has 2 fully saturated rings. The molecular formula is C16H21ClN2O2. The van der Waals surface area contributed by atoms with E-state index in [2.05, 4.69) is 11.9 Å². The summed E-state index contributed by atoms with van der Waals surface area (Å²) in [6, 6.07) is 4.69.